The number of hydrogen-bond acceptors (Lipinski definition) is 4. The molecule has 1 aromatic carbocycles. The van der Waals surface area contributed by atoms with Crippen LogP contribution in [0.2, 0.25) is 0 Å². The van der Waals surface area contributed by atoms with Gasteiger partial charge in [-0.1, -0.05) is 37.4 Å². The van der Waals surface area contributed by atoms with Crippen molar-refractivity contribution in [2.75, 3.05) is 13.1 Å². The predicted octanol–water partition coefficient (Wildman–Crippen LogP) is 2.73. The van der Waals surface area contributed by atoms with Crippen molar-refractivity contribution in [2.24, 2.45) is 0 Å². The first-order valence-corrected chi connectivity index (χ1v) is 10.9. The van der Waals surface area contributed by atoms with E-state index < -0.39 is 0 Å². The fourth-order valence-corrected chi connectivity index (χ4v) is 4.50. The molecule has 1 N–H and O–H groups in total. The van der Waals surface area contributed by atoms with Gasteiger partial charge in [0.1, 0.15) is 0 Å². The Morgan fingerprint density at radius 2 is 1.97 bits per heavy atom. The van der Waals surface area contributed by atoms with E-state index in [0.717, 1.165) is 46.4 Å². The van der Waals surface area contributed by atoms with E-state index in [0.29, 0.717) is 18.0 Å². The van der Waals surface area contributed by atoms with Crippen LogP contribution in [0.5, 0.6) is 0 Å². The van der Waals surface area contributed by atoms with E-state index in [1.165, 1.54) is 6.08 Å². The van der Waals surface area contributed by atoms with Gasteiger partial charge in [-0.25, -0.2) is 4.98 Å². The van der Waals surface area contributed by atoms with Gasteiger partial charge >= 0.3 is 0 Å². The van der Waals surface area contributed by atoms with Crippen LogP contribution in [0, 0.1) is 0 Å². The first-order valence-electron chi connectivity index (χ1n) is 10.1. The highest BCUT2D eigenvalue weighted by molar-refractivity contribution is 7.09. The van der Waals surface area contributed by atoms with E-state index in [9.17, 15) is 9.59 Å². The maximum Gasteiger partial charge on any atom is 0.253 e. The number of nitrogens with one attached hydrogen (secondary N) is 1. The Balaban J connectivity index is 1.58. The molecule has 0 aliphatic carbocycles. The molecular weight excluding hydrogens is 394 g/mol. The highest BCUT2D eigenvalue weighted by atomic mass is 32.1. The summed E-state index contributed by atoms with van der Waals surface area (Å²) in [7, 11) is 0. The molecule has 2 aromatic rings. The molecule has 1 aliphatic heterocycles. The summed E-state index contributed by atoms with van der Waals surface area (Å²) in [4.78, 5) is 30.7. The smallest absolute Gasteiger partial charge is 0.253 e. The second-order valence-corrected chi connectivity index (χ2v) is 8.30. The van der Waals surface area contributed by atoms with Gasteiger partial charge in [0.25, 0.3) is 5.91 Å². The zero-order chi connectivity index (χ0) is 21.5. The highest BCUT2D eigenvalue weighted by Crippen LogP contribution is 2.28. The summed E-state index contributed by atoms with van der Waals surface area (Å²) in [5, 5.41) is 4.68. The summed E-state index contributed by atoms with van der Waals surface area (Å²) < 4.78 is 1.10. The lowest BCUT2D eigenvalue weighted by Gasteiger charge is -2.31. The summed E-state index contributed by atoms with van der Waals surface area (Å²) in [5.74, 6) is 0.216. The van der Waals surface area contributed by atoms with Gasteiger partial charge in [-0.3, -0.25) is 9.59 Å². The Morgan fingerprint density at radius 1 is 1.27 bits per heavy atom. The number of carbonyl (C=O) groups is 2. The quantitative estimate of drug-likeness (QED) is 0.730. The number of nitrogens with zero attached hydrogens (tertiary/aromatic N) is 2. The number of carbonyl (C=O) groups excluding carboxylic acids is 2. The second-order valence-electron chi connectivity index (χ2n) is 7.24. The average Bonchev–Trinajstić information content (AvgIpc) is 3.16. The molecule has 1 fully saturated rings. The fraction of sp³-hybridized carbons (Fsp3) is 0.292. The third kappa shape index (κ3) is 5.33. The molecule has 0 unspecified atom stereocenters. The van der Waals surface area contributed by atoms with Crippen molar-refractivity contribution in [2.45, 2.75) is 32.2 Å². The van der Waals surface area contributed by atoms with E-state index in [1.54, 1.807) is 11.3 Å². The number of rotatable bonds is 6. The standard InChI is InChI=1S/C24H27N3O2S/c1-4-6-7-21-17(3)26-23(30-21)19-12-14-27(15-13-19)24(29)20-10-8-18(9-11-20)16-25-22(28)5-2/h4-11,19H,2-3,12-16H2,1H3,(H,25,28)/b6-4-,21-7+. The van der Waals surface area contributed by atoms with Crippen LogP contribution in [0.3, 0.4) is 0 Å². The lowest BCUT2D eigenvalue weighted by molar-refractivity contribution is -0.116. The number of piperidine rings is 1. The summed E-state index contributed by atoms with van der Waals surface area (Å²) in [6, 6.07) is 7.39. The van der Waals surface area contributed by atoms with Gasteiger partial charge in [0, 0.05) is 31.1 Å². The van der Waals surface area contributed by atoms with Gasteiger partial charge in [-0.2, -0.15) is 0 Å². The van der Waals surface area contributed by atoms with Gasteiger partial charge in [0.2, 0.25) is 5.91 Å². The Morgan fingerprint density at radius 3 is 2.60 bits per heavy atom. The lowest BCUT2D eigenvalue weighted by atomic mass is 9.97. The fourth-order valence-electron chi connectivity index (χ4n) is 3.41. The normalized spacial score (nSPS) is 15.5. The number of hydrogen-bond donors (Lipinski definition) is 1. The van der Waals surface area contributed by atoms with Crippen LogP contribution in [0.1, 0.15) is 46.6 Å². The summed E-state index contributed by atoms with van der Waals surface area (Å²) in [6.45, 7) is 11.3. The number of thiazole rings is 1. The van der Waals surface area contributed by atoms with E-state index in [-0.39, 0.29) is 11.8 Å². The molecule has 0 atom stereocenters. The zero-order valence-electron chi connectivity index (χ0n) is 17.3. The Hall–Kier alpha value is -2.99. The van der Waals surface area contributed by atoms with Gasteiger partial charge in [-0.05, 0) is 49.6 Å². The third-order valence-corrected chi connectivity index (χ3v) is 6.39. The average molecular weight is 422 g/mol. The van der Waals surface area contributed by atoms with Gasteiger partial charge in [0.15, 0.2) is 0 Å². The molecule has 2 heterocycles. The first kappa shape index (κ1) is 21.7. The van der Waals surface area contributed by atoms with Crippen molar-refractivity contribution in [3.8, 4) is 0 Å². The molecule has 2 amide bonds. The summed E-state index contributed by atoms with van der Waals surface area (Å²) >= 11 is 1.70. The summed E-state index contributed by atoms with van der Waals surface area (Å²) in [6.07, 6.45) is 9.11. The molecule has 0 saturated carbocycles. The molecule has 3 rings (SSSR count). The number of likely N-dealkylation sites (tertiary alicyclic amines) is 1. The van der Waals surface area contributed by atoms with Crippen molar-refractivity contribution in [1.82, 2.24) is 15.2 Å². The number of aromatic nitrogens is 1. The minimum atomic E-state index is -0.212. The minimum Gasteiger partial charge on any atom is -0.348 e. The molecule has 1 aliphatic rings. The predicted molar refractivity (Wildman–Crippen MR) is 123 cm³/mol. The van der Waals surface area contributed by atoms with Crippen LogP contribution >= 0.6 is 11.3 Å². The van der Waals surface area contributed by atoms with Crippen LogP contribution < -0.4 is 15.2 Å². The molecule has 1 saturated heterocycles. The van der Waals surface area contributed by atoms with Crippen LogP contribution in [-0.4, -0.2) is 34.8 Å². The van der Waals surface area contributed by atoms with Crippen LogP contribution in [0.15, 0.2) is 49.1 Å². The van der Waals surface area contributed by atoms with Gasteiger partial charge in [-0.15, -0.1) is 11.3 Å². The SMILES string of the molecule is C=CC(=O)NCc1ccc(C(=O)N2CCC(c3nc(=C)/c(=C\C=C/C)s3)CC2)cc1. The van der Waals surface area contributed by atoms with E-state index >= 15 is 0 Å². The second kappa shape index (κ2) is 10.2. The molecule has 30 heavy (non-hydrogen) atoms. The monoisotopic (exact) mass is 421 g/mol. The van der Waals surface area contributed by atoms with Gasteiger partial charge in [0.05, 0.1) is 14.9 Å². The first-order chi connectivity index (χ1) is 14.5. The molecule has 6 heteroatoms. The lowest BCUT2D eigenvalue weighted by Crippen LogP contribution is -2.38. The third-order valence-electron chi connectivity index (χ3n) is 5.17. The van der Waals surface area contributed by atoms with Crippen LogP contribution in [0.25, 0.3) is 12.7 Å². The van der Waals surface area contributed by atoms with Gasteiger partial charge < -0.3 is 10.2 Å². The minimum absolute atomic E-state index is 0.0502. The summed E-state index contributed by atoms with van der Waals surface area (Å²) in [5.41, 5.74) is 1.61. The highest BCUT2D eigenvalue weighted by Gasteiger charge is 2.26. The van der Waals surface area contributed by atoms with Crippen molar-refractivity contribution in [1.29, 1.82) is 0 Å². The Bertz CT molecular complexity index is 1050. The van der Waals surface area contributed by atoms with E-state index in [1.807, 2.05) is 48.2 Å². The van der Waals surface area contributed by atoms with Crippen molar-refractivity contribution >= 4 is 35.8 Å². The molecule has 1 aromatic heterocycles. The largest absolute Gasteiger partial charge is 0.348 e. The molecule has 0 spiro atoms. The maximum atomic E-state index is 12.9. The Kier molecular flexibility index (Phi) is 7.36. The van der Waals surface area contributed by atoms with Crippen LogP contribution in [0.4, 0.5) is 0 Å². The Labute approximate surface area is 181 Å². The molecule has 0 radical (unpaired) electrons. The number of allylic oxidation sites excluding steroid dienone is 2. The molecule has 0 bridgehead atoms. The molecular formula is C24H27N3O2S. The molecule has 156 valence electrons. The number of benzene rings is 1. The maximum absolute atomic E-state index is 12.9. The van der Waals surface area contributed by atoms with Crippen molar-refractivity contribution in [3.63, 3.8) is 0 Å². The van der Waals surface area contributed by atoms with E-state index in [2.05, 4.69) is 29.5 Å². The zero-order valence-corrected chi connectivity index (χ0v) is 18.1. The van der Waals surface area contributed by atoms with Crippen molar-refractivity contribution in [3.05, 3.63) is 75.1 Å². The number of amides is 2. The van der Waals surface area contributed by atoms with Crippen molar-refractivity contribution < 1.29 is 9.59 Å². The topological polar surface area (TPSA) is 62.3 Å². The molecule has 5 nitrogen and oxygen atoms in total. The van der Waals surface area contributed by atoms with E-state index in [4.69, 9.17) is 0 Å². The van der Waals surface area contributed by atoms with Crippen LogP contribution in [-0.2, 0) is 11.3 Å².